The fourth-order valence-corrected chi connectivity index (χ4v) is 4.12. The molecule has 0 bridgehead atoms. The molecule has 0 radical (unpaired) electrons. The number of nitrogens with zero attached hydrogens (tertiary/aromatic N) is 2. The summed E-state index contributed by atoms with van der Waals surface area (Å²) in [7, 11) is 0. The molecule has 4 aromatic rings. The van der Waals surface area contributed by atoms with Crippen LogP contribution in [0.4, 0.5) is 5.69 Å². The van der Waals surface area contributed by atoms with E-state index in [9.17, 15) is 19.5 Å². The first-order chi connectivity index (χ1) is 14.0. The van der Waals surface area contributed by atoms with Crippen LogP contribution in [0.5, 0.6) is 5.75 Å². The van der Waals surface area contributed by atoms with Gasteiger partial charge >= 0.3 is 5.69 Å². The number of thiophene rings is 1. The Bertz CT molecular complexity index is 1340. The summed E-state index contributed by atoms with van der Waals surface area (Å²) < 4.78 is 2.36. The number of phenols is 1. The van der Waals surface area contributed by atoms with Crippen molar-refractivity contribution >= 4 is 33.1 Å². The quantitative estimate of drug-likeness (QED) is 0.509. The van der Waals surface area contributed by atoms with E-state index in [1.807, 2.05) is 6.92 Å². The van der Waals surface area contributed by atoms with Crippen molar-refractivity contribution in [2.45, 2.75) is 13.5 Å². The summed E-state index contributed by atoms with van der Waals surface area (Å²) in [6.07, 6.45) is 0. The van der Waals surface area contributed by atoms with Crippen LogP contribution < -0.4 is 16.6 Å². The van der Waals surface area contributed by atoms with Gasteiger partial charge in [-0.1, -0.05) is 30.3 Å². The molecule has 0 saturated carbocycles. The van der Waals surface area contributed by atoms with Gasteiger partial charge in [-0.25, -0.2) is 9.36 Å². The highest BCUT2D eigenvalue weighted by Crippen LogP contribution is 2.23. The molecule has 2 aromatic carbocycles. The molecule has 0 aliphatic carbocycles. The Morgan fingerprint density at radius 3 is 2.48 bits per heavy atom. The minimum absolute atomic E-state index is 0.0698. The van der Waals surface area contributed by atoms with Crippen molar-refractivity contribution in [1.82, 2.24) is 9.13 Å². The molecule has 2 N–H and O–H groups in total. The molecule has 146 valence electrons. The zero-order valence-electron chi connectivity index (χ0n) is 15.5. The molecule has 0 aliphatic heterocycles. The molecule has 0 unspecified atom stereocenters. The summed E-state index contributed by atoms with van der Waals surface area (Å²) in [5.74, 6) is -0.557. The number of benzene rings is 2. The number of nitrogens with one attached hydrogen (secondary N) is 1. The molecule has 0 aliphatic rings. The maximum atomic E-state index is 13.2. The zero-order valence-corrected chi connectivity index (χ0v) is 16.3. The van der Waals surface area contributed by atoms with Gasteiger partial charge in [0.25, 0.3) is 5.56 Å². The second-order valence-corrected chi connectivity index (χ2v) is 7.72. The second-order valence-electron chi connectivity index (χ2n) is 6.49. The Kier molecular flexibility index (Phi) is 4.77. The van der Waals surface area contributed by atoms with Gasteiger partial charge in [-0.05, 0) is 37.3 Å². The van der Waals surface area contributed by atoms with E-state index in [1.54, 1.807) is 54.6 Å². The van der Waals surface area contributed by atoms with Crippen LogP contribution in [0.15, 0.2) is 70.3 Å². The molecule has 2 aromatic heterocycles. The fourth-order valence-electron chi connectivity index (χ4n) is 3.13. The lowest BCUT2D eigenvalue weighted by Gasteiger charge is -2.12. The number of aromatic nitrogens is 2. The lowest BCUT2D eigenvalue weighted by molar-refractivity contribution is -0.116. The van der Waals surface area contributed by atoms with Gasteiger partial charge in [0.2, 0.25) is 5.91 Å². The number of rotatable bonds is 4. The van der Waals surface area contributed by atoms with E-state index >= 15 is 0 Å². The standard InChI is InChI=1S/C21H17N3O4S/c1-13-11-15-19(27)24(14-7-3-2-4-8-14)21(28)23(20(15)29-13)12-18(26)22-16-9-5-6-10-17(16)25/h2-11,25H,12H2,1H3,(H,22,26). The number of para-hydroxylation sites is 3. The topological polar surface area (TPSA) is 93.3 Å². The van der Waals surface area contributed by atoms with Crippen molar-refractivity contribution in [1.29, 1.82) is 0 Å². The Balaban J connectivity index is 1.84. The molecule has 7 nitrogen and oxygen atoms in total. The second kappa shape index (κ2) is 7.40. The number of carbonyl (C=O) groups is 1. The third-order valence-electron chi connectivity index (χ3n) is 4.43. The summed E-state index contributed by atoms with van der Waals surface area (Å²) in [5, 5.41) is 12.8. The largest absolute Gasteiger partial charge is 0.506 e. The van der Waals surface area contributed by atoms with Crippen LogP contribution in [0.25, 0.3) is 15.9 Å². The Labute approximate surface area is 169 Å². The average molecular weight is 407 g/mol. The molecule has 0 saturated heterocycles. The molecule has 4 rings (SSSR count). The molecule has 0 fully saturated rings. The lowest BCUT2D eigenvalue weighted by atomic mass is 10.3. The number of hydrogen-bond acceptors (Lipinski definition) is 5. The number of hydrogen-bond donors (Lipinski definition) is 2. The van der Waals surface area contributed by atoms with Gasteiger partial charge in [0.05, 0.1) is 16.8 Å². The fraction of sp³-hybridized carbons (Fsp3) is 0.0952. The molecule has 8 heteroatoms. The molecule has 0 atom stereocenters. The normalized spacial score (nSPS) is 10.9. The van der Waals surface area contributed by atoms with E-state index in [1.165, 1.54) is 22.0 Å². The van der Waals surface area contributed by atoms with Crippen LogP contribution in [-0.4, -0.2) is 20.1 Å². The van der Waals surface area contributed by atoms with Crippen LogP contribution in [0.3, 0.4) is 0 Å². The van der Waals surface area contributed by atoms with Crippen LogP contribution in [-0.2, 0) is 11.3 Å². The summed E-state index contributed by atoms with van der Waals surface area (Å²) in [5.41, 5.74) is -0.329. The van der Waals surface area contributed by atoms with E-state index in [-0.39, 0.29) is 18.0 Å². The smallest absolute Gasteiger partial charge is 0.337 e. The zero-order chi connectivity index (χ0) is 20.5. The number of phenolic OH excluding ortho intramolecular Hbond substituents is 1. The number of fused-ring (bicyclic) bond motifs is 1. The predicted octanol–water partition coefficient (Wildman–Crippen LogP) is 2.87. The summed E-state index contributed by atoms with van der Waals surface area (Å²) in [4.78, 5) is 40.0. The van der Waals surface area contributed by atoms with Crippen molar-refractivity contribution in [2.24, 2.45) is 0 Å². The molecular weight excluding hydrogens is 390 g/mol. The number of anilines is 1. The van der Waals surface area contributed by atoms with E-state index in [0.29, 0.717) is 15.9 Å². The molecule has 0 spiro atoms. The average Bonchev–Trinajstić information content (AvgIpc) is 3.10. The Morgan fingerprint density at radius 2 is 1.76 bits per heavy atom. The van der Waals surface area contributed by atoms with Gasteiger partial charge < -0.3 is 10.4 Å². The van der Waals surface area contributed by atoms with Crippen molar-refractivity contribution in [3.8, 4) is 11.4 Å². The Morgan fingerprint density at radius 1 is 1.07 bits per heavy atom. The van der Waals surface area contributed by atoms with E-state index in [4.69, 9.17) is 0 Å². The van der Waals surface area contributed by atoms with Gasteiger partial charge in [-0.2, -0.15) is 0 Å². The minimum Gasteiger partial charge on any atom is -0.506 e. The highest BCUT2D eigenvalue weighted by Gasteiger charge is 2.19. The van der Waals surface area contributed by atoms with Gasteiger partial charge in [0.1, 0.15) is 17.1 Å². The van der Waals surface area contributed by atoms with Crippen molar-refractivity contribution in [3.63, 3.8) is 0 Å². The summed E-state index contributed by atoms with van der Waals surface area (Å²) in [6.45, 7) is 1.55. The summed E-state index contributed by atoms with van der Waals surface area (Å²) >= 11 is 1.28. The van der Waals surface area contributed by atoms with Crippen molar-refractivity contribution < 1.29 is 9.90 Å². The molecule has 1 amide bonds. The number of aryl methyl sites for hydroxylation is 1. The van der Waals surface area contributed by atoms with Crippen LogP contribution in [0, 0.1) is 6.92 Å². The minimum atomic E-state index is -0.594. The number of aromatic hydroxyl groups is 1. The van der Waals surface area contributed by atoms with Crippen LogP contribution in [0.1, 0.15) is 4.88 Å². The van der Waals surface area contributed by atoms with E-state index in [2.05, 4.69) is 5.32 Å². The van der Waals surface area contributed by atoms with Gasteiger partial charge in [0, 0.05) is 4.88 Å². The van der Waals surface area contributed by atoms with Crippen molar-refractivity contribution in [3.05, 3.63) is 86.4 Å². The first-order valence-electron chi connectivity index (χ1n) is 8.85. The number of carbonyl (C=O) groups excluding carboxylic acids is 1. The predicted molar refractivity (Wildman–Crippen MR) is 113 cm³/mol. The molecular formula is C21H17N3O4S. The maximum absolute atomic E-state index is 13.2. The van der Waals surface area contributed by atoms with Gasteiger partial charge in [0.15, 0.2) is 0 Å². The maximum Gasteiger partial charge on any atom is 0.337 e. The number of amides is 1. The first-order valence-corrected chi connectivity index (χ1v) is 9.66. The molecule has 29 heavy (non-hydrogen) atoms. The first kappa shape index (κ1) is 18.7. The van der Waals surface area contributed by atoms with Crippen LogP contribution in [0.2, 0.25) is 0 Å². The highest BCUT2D eigenvalue weighted by molar-refractivity contribution is 7.18. The SMILES string of the molecule is Cc1cc2c(=O)n(-c3ccccc3)c(=O)n(CC(=O)Nc3ccccc3O)c2s1. The van der Waals surface area contributed by atoms with Gasteiger partial charge in [-0.15, -0.1) is 11.3 Å². The van der Waals surface area contributed by atoms with E-state index in [0.717, 1.165) is 9.44 Å². The third kappa shape index (κ3) is 3.45. The van der Waals surface area contributed by atoms with Crippen LogP contribution >= 0.6 is 11.3 Å². The van der Waals surface area contributed by atoms with Crippen molar-refractivity contribution in [2.75, 3.05) is 5.32 Å². The third-order valence-corrected chi connectivity index (χ3v) is 5.50. The molecule has 2 heterocycles. The summed E-state index contributed by atoms with van der Waals surface area (Å²) in [6, 6.07) is 16.7. The van der Waals surface area contributed by atoms with Gasteiger partial charge in [-0.3, -0.25) is 14.2 Å². The monoisotopic (exact) mass is 407 g/mol. The highest BCUT2D eigenvalue weighted by atomic mass is 32.1. The Hall–Kier alpha value is -3.65. The lowest BCUT2D eigenvalue weighted by Crippen LogP contribution is -2.40. The van der Waals surface area contributed by atoms with E-state index < -0.39 is 17.2 Å².